The zero-order valence-corrected chi connectivity index (χ0v) is 22.5. The molecular weight excluding hydrogens is 519 g/mol. The van der Waals surface area contributed by atoms with Crippen molar-refractivity contribution in [2.75, 3.05) is 0 Å². The van der Waals surface area contributed by atoms with Crippen LogP contribution in [-0.4, -0.2) is 36.0 Å². The van der Waals surface area contributed by atoms with Gasteiger partial charge >= 0.3 is 0 Å². The molecule has 5 N–H and O–H groups in total. The Balaban J connectivity index is 1.37. The maximum atomic E-state index is 13.9. The topological polar surface area (TPSA) is 138 Å². The van der Waals surface area contributed by atoms with Crippen LogP contribution < -0.4 is 11.1 Å². The Morgan fingerprint density at radius 1 is 1.10 bits per heavy atom. The van der Waals surface area contributed by atoms with Crippen molar-refractivity contribution < 1.29 is 9.18 Å². The minimum Gasteiger partial charge on any atom is -0.404 e. The lowest BCUT2D eigenvalue weighted by molar-refractivity contribution is -0.120. The van der Waals surface area contributed by atoms with Gasteiger partial charge in [-0.3, -0.25) is 14.9 Å². The third kappa shape index (κ3) is 5.62. The summed E-state index contributed by atoms with van der Waals surface area (Å²) >= 11 is 0. The van der Waals surface area contributed by atoms with Crippen molar-refractivity contribution >= 4 is 33.5 Å². The zero-order chi connectivity index (χ0) is 28.3. The van der Waals surface area contributed by atoms with Crippen LogP contribution in [0.1, 0.15) is 44.7 Å². The molecule has 6 rings (SSSR count). The number of hydrogen-bond acceptors (Lipinski definition) is 6. The fourth-order valence-electron chi connectivity index (χ4n) is 4.61. The highest BCUT2D eigenvalue weighted by Gasteiger charge is 2.18. The maximum absolute atomic E-state index is 13.9. The first kappa shape index (κ1) is 26.1. The van der Waals surface area contributed by atoms with Crippen LogP contribution in [-0.2, 0) is 4.79 Å². The molecule has 206 valence electrons. The van der Waals surface area contributed by atoms with Gasteiger partial charge in [0.1, 0.15) is 16.9 Å². The average molecular weight is 549 g/mol. The highest BCUT2D eigenvalue weighted by Crippen LogP contribution is 2.31. The molecule has 1 fully saturated rings. The molecule has 0 atom stereocenters. The Morgan fingerprint density at radius 3 is 2.73 bits per heavy atom. The Hall–Kier alpha value is -5.12. The van der Waals surface area contributed by atoms with Gasteiger partial charge < -0.3 is 16.0 Å². The number of rotatable bonds is 9. The highest BCUT2D eigenvalue weighted by atomic mass is 19.1. The Kier molecular flexibility index (Phi) is 7.11. The first-order chi connectivity index (χ1) is 20.0. The minimum absolute atomic E-state index is 0.0236. The molecule has 1 aromatic carbocycles. The van der Waals surface area contributed by atoms with Gasteiger partial charge in [0.05, 0.1) is 22.4 Å². The molecule has 4 aromatic heterocycles. The number of allylic oxidation sites excluding steroid dienone is 4. The van der Waals surface area contributed by atoms with Crippen LogP contribution in [0.15, 0.2) is 78.3 Å². The number of halogens is 1. The van der Waals surface area contributed by atoms with Crippen LogP contribution in [0.3, 0.4) is 0 Å². The summed E-state index contributed by atoms with van der Waals surface area (Å²) in [6.07, 6.45) is 11.3. The van der Waals surface area contributed by atoms with Crippen LogP contribution in [0.5, 0.6) is 0 Å². The van der Waals surface area contributed by atoms with E-state index in [0.717, 1.165) is 36.7 Å². The first-order valence-corrected chi connectivity index (χ1v) is 13.6. The number of carbonyl (C=O) groups excluding carboxylic acids is 1. The van der Waals surface area contributed by atoms with Crippen molar-refractivity contribution in [2.24, 2.45) is 5.73 Å². The number of nitrogens with two attached hydrogens (primary N) is 1. The lowest BCUT2D eigenvalue weighted by atomic mass is 10.1. The number of carbonyl (C=O) groups is 1. The molecular formula is C31H29FN8O. The average Bonchev–Trinajstić information content (AvgIpc) is 3.52. The van der Waals surface area contributed by atoms with Crippen molar-refractivity contribution in [3.63, 3.8) is 0 Å². The Labute approximate surface area is 235 Å². The molecule has 0 unspecified atom stereocenters. The van der Waals surface area contributed by atoms with E-state index in [1.807, 2.05) is 30.4 Å². The van der Waals surface area contributed by atoms with Crippen LogP contribution in [0.25, 0.3) is 50.4 Å². The number of pyridine rings is 2. The molecule has 0 aliphatic heterocycles. The predicted octanol–water partition coefficient (Wildman–Crippen LogP) is 5.91. The smallest absolute Gasteiger partial charge is 0.224 e. The standard InChI is InChI=1S/C31H29FN8O/c1-2-3-7-26(41)35-22(14-18-8-9-18)16-20(17-33)23-10-11-25-29(36-23)30(40-39-25)31-37-24-12-13-34-27(28(24)38-31)19-5-4-6-21(32)15-19/h4-6,10-17H,2-3,7-9,33H2,1H3,(H,35,41)(H,37,38)(H,39,40)/b20-17+,22-16+. The second-order valence-electron chi connectivity index (χ2n) is 9.99. The molecule has 9 nitrogen and oxygen atoms in total. The Morgan fingerprint density at radius 2 is 1.95 bits per heavy atom. The summed E-state index contributed by atoms with van der Waals surface area (Å²) in [5.41, 5.74) is 13.7. The monoisotopic (exact) mass is 548 g/mol. The Bertz CT molecular complexity index is 1860. The van der Waals surface area contributed by atoms with Crippen LogP contribution in [0.2, 0.25) is 0 Å². The van der Waals surface area contributed by atoms with Crippen LogP contribution in [0, 0.1) is 5.82 Å². The summed E-state index contributed by atoms with van der Waals surface area (Å²) in [6.45, 7) is 2.06. The van der Waals surface area contributed by atoms with E-state index < -0.39 is 0 Å². The lowest BCUT2D eigenvalue weighted by Gasteiger charge is -2.08. The van der Waals surface area contributed by atoms with Gasteiger partial charge in [0.25, 0.3) is 0 Å². The van der Waals surface area contributed by atoms with Gasteiger partial charge in [0.2, 0.25) is 5.91 Å². The van der Waals surface area contributed by atoms with E-state index in [0.29, 0.717) is 57.2 Å². The quantitative estimate of drug-likeness (QED) is 0.169. The van der Waals surface area contributed by atoms with E-state index in [1.165, 1.54) is 23.9 Å². The summed E-state index contributed by atoms with van der Waals surface area (Å²) in [5, 5.41) is 10.5. The number of nitrogens with zero attached hydrogens (tertiary/aromatic N) is 4. The van der Waals surface area contributed by atoms with Gasteiger partial charge in [-0.15, -0.1) is 0 Å². The number of hydrogen-bond donors (Lipinski definition) is 4. The minimum atomic E-state index is -0.345. The van der Waals surface area contributed by atoms with Crippen molar-refractivity contribution in [2.45, 2.75) is 39.0 Å². The first-order valence-electron chi connectivity index (χ1n) is 13.6. The van der Waals surface area contributed by atoms with Crippen molar-refractivity contribution in [3.05, 3.63) is 89.8 Å². The number of aromatic amines is 2. The highest BCUT2D eigenvalue weighted by molar-refractivity contribution is 5.95. The van der Waals surface area contributed by atoms with Crippen molar-refractivity contribution in [1.29, 1.82) is 0 Å². The maximum Gasteiger partial charge on any atom is 0.224 e. The number of imidazole rings is 1. The molecule has 1 aliphatic rings. The van der Waals surface area contributed by atoms with Crippen LogP contribution in [0.4, 0.5) is 4.39 Å². The van der Waals surface area contributed by atoms with Gasteiger partial charge in [-0.1, -0.05) is 31.1 Å². The molecule has 0 spiro atoms. The number of amides is 1. The number of unbranched alkanes of at least 4 members (excludes halogenated alkanes) is 1. The lowest BCUT2D eigenvalue weighted by Crippen LogP contribution is -2.21. The van der Waals surface area contributed by atoms with E-state index in [-0.39, 0.29) is 11.7 Å². The molecule has 1 aliphatic carbocycles. The summed E-state index contributed by atoms with van der Waals surface area (Å²) < 4.78 is 13.9. The van der Waals surface area contributed by atoms with Gasteiger partial charge in [-0.25, -0.2) is 14.4 Å². The summed E-state index contributed by atoms with van der Waals surface area (Å²) in [5.74, 6) is 0.129. The summed E-state index contributed by atoms with van der Waals surface area (Å²) in [6, 6.07) is 11.8. The normalized spacial score (nSPS) is 13.7. The molecule has 41 heavy (non-hydrogen) atoms. The van der Waals surface area contributed by atoms with Crippen LogP contribution >= 0.6 is 0 Å². The predicted molar refractivity (Wildman–Crippen MR) is 157 cm³/mol. The fraction of sp³-hybridized carbons (Fsp3) is 0.194. The van der Waals surface area contributed by atoms with E-state index in [4.69, 9.17) is 15.7 Å². The molecule has 4 heterocycles. The van der Waals surface area contributed by atoms with E-state index in [9.17, 15) is 9.18 Å². The fourth-order valence-corrected chi connectivity index (χ4v) is 4.61. The number of fused-ring (bicyclic) bond motifs is 2. The number of H-pyrrole nitrogens is 2. The van der Waals surface area contributed by atoms with E-state index in [2.05, 4.69) is 32.4 Å². The molecule has 1 saturated carbocycles. The summed E-state index contributed by atoms with van der Waals surface area (Å²) in [4.78, 5) is 29.9. The number of nitrogens with one attached hydrogen (secondary N) is 3. The van der Waals surface area contributed by atoms with Gasteiger partial charge in [0, 0.05) is 35.7 Å². The summed E-state index contributed by atoms with van der Waals surface area (Å²) in [7, 11) is 0. The zero-order valence-electron chi connectivity index (χ0n) is 22.5. The molecule has 0 saturated heterocycles. The van der Waals surface area contributed by atoms with Gasteiger partial charge in [-0.05, 0) is 61.7 Å². The largest absolute Gasteiger partial charge is 0.404 e. The second kappa shape index (κ2) is 11.2. The number of benzene rings is 1. The third-order valence-electron chi connectivity index (χ3n) is 6.86. The number of aromatic nitrogens is 6. The van der Waals surface area contributed by atoms with Crippen molar-refractivity contribution in [1.82, 2.24) is 35.5 Å². The third-order valence-corrected chi connectivity index (χ3v) is 6.86. The second-order valence-corrected chi connectivity index (χ2v) is 9.99. The molecule has 1 amide bonds. The SMILES string of the molecule is CCCCC(=O)N/C(C=C1CC1)=C/C(=C\N)c1ccc2[nH]nc(-c3nc4c(-c5cccc(F)c5)nccc4[nH]3)c2n1. The molecule has 10 heteroatoms. The van der Waals surface area contributed by atoms with Crippen molar-refractivity contribution in [3.8, 4) is 22.8 Å². The van der Waals surface area contributed by atoms with Gasteiger partial charge in [0.15, 0.2) is 11.5 Å². The van der Waals surface area contributed by atoms with E-state index in [1.54, 1.807) is 18.3 Å². The van der Waals surface area contributed by atoms with Gasteiger partial charge in [-0.2, -0.15) is 5.10 Å². The molecule has 0 bridgehead atoms. The molecule has 5 aromatic rings. The van der Waals surface area contributed by atoms with E-state index >= 15 is 0 Å². The molecule has 0 radical (unpaired) electrons.